The van der Waals surface area contributed by atoms with Gasteiger partial charge in [0, 0.05) is 6.07 Å². The van der Waals surface area contributed by atoms with E-state index in [4.69, 9.17) is 12.2 Å². The van der Waals surface area contributed by atoms with E-state index in [1.807, 2.05) is 26.0 Å². The molecule has 2 N–H and O–H groups in total. The molecule has 0 spiro atoms. The minimum absolute atomic E-state index is 0.182. The lowest BCUT2D eigenvalue weighted by Gasteiger charge is -2.04. The van der Waals surface area contributed by atoms with E-state index in [0.29, 0.717) is 4.77 Å². The molecule has 0 aliphatic rings. The Labute approximate surface area is 98.2 Å². The quantitative estimate of drug-likeness (QED) is 0.743. The highest BCUT2D eigenvalue weighted by Gasteiger charge is 2.01. The van der Waals surface area contributed by atoms with Crippen molar-refractivity contribution >= 4 is 12.2 Å². The highest BCUT2D eigenvalue weighted by Crippen LogP contribution is 2.18. The van der Waals surface area contributed by atoms with Crippen molar-refractivity contribution < 1.29 is 0 Å². The van der Waals surface area contributed by atoms with E-state index >= 15 is 0 Å². The summed E-state index contributed by atoms with van der Waals surface area (Å²) in [5.41, 5.74) is 3.87. The Kier molecular flexibility index (Phi) is 2.75. The van der Waals surface area contributed by atoms with Crippen LogP contribution in [0.4, 0.5) is 0 Å². The number of H-pyrrole nitrogens is 2. The molecule has 0 radical (unpaired) electrons. The SMILES string of the molecule is Cc1cc(C)cc(-c2cc(=O)[nH]c(=S)[nH]2)c1. The van der Waals surface area contributed by atoms with Gasteiger partial charge in [0.05, 0.1) is 5.69 Å². The van der Waals surface area contributed by atoms with Crippen LogP contribution in [0, 0.1) is 18.6 Å². The predicted molar refractivity (Wildman–Crippen MR) is 67.2 cm³/mol. The fourth-order valence-electron chi connectivity index (χ4n) is 1.75. The number of nitrogens with one attached hydrogen (secondary N) is 2. The summed E-state index contributed by atoms with van der Waals surface area (Å²) in [4.78, 5) is 16.8. The van der Waals surface area contributed by atoms with Gasteiger partial charge >= 0.3 is 0 Å². The first kappa shape index (κ1) is 10.8. The molecule has 3 nitrogen and oxygen atoms in total. The van der Waals surface area contributed by atoms with Gasteiger partial charge in [0.2, 0.25) is 0 Å². The Morgan fingerprint density at radius 1 is 1.00 bits per heavy atom. The van der Waals surface area contributed by atoms with Crippen LogP contribution in [0.2, 0.25) is 0 Å². The van der Waals surface area contributed by atoms with Crippen LogP contribution in [0.25, 0.3) is 11.3 Å². The molecule has 2 rings (SSSR count). The molecule has 1 aromatic carbocycles. The Morgan fingerprint density at radius 3 is 2.19 bits per heavy atom. The molecule has 0 unspecified atom stereocenters. The molecule has 0 fully saturated rings. The first-order valence-corrected chi connectivity index (χ1v) is 5.38. The summed E-state index contributed by atoms with van der Waals surface area (Å²) in [6, 6.07) is 7.65. The normalized spacial score (nSPS) is 10.4. The third-order valence-electron chi connectivity index (χ3n) is 2.29. The van der Waals surface area contributed by atoms with E-state index in [1.165, 1.54) is 6.07 Å². The zero-order valence-corrected chi connectivity index (χ0v) is 9.94. The van der Waals surface area contributed by atoms with Crippen LogP contribution >= 0.6 is 12.2 Å². The monoisotopic (exact) mass is 232 g/mol. The van der Waals surface area contributed by atoms with Crippen LogP contribution in [-0.2, 0) is 0 Å². The molecule has 0 aliphatic heterocycles. The summed E-state index contributed by atoms with van der Waals surface area (Å²) in [5.74, 6) is 0. The highest BCUT2D eigenvalue weighted by atomic mass is 32.1. The maximum absolute atomic E-state index is 11.3. The standard InChI is InChI=1S/C12H12N2OS/c1-7-3-8(2)5-9(4-7)10-6-11(15)14-12(16)13-10/h3-6H,1-2H3,(H2,13,14,15,16). The van der Waals surface area contributed by atoms with Crippen LogP contribution in [0.1, 0.15) is 11.1 Å². The van der Waals surface area contributed by atoms with Gasteiger partial charge in [-0.15, -0.1) is 0 Å². The Hall–Kier alpha value is -1.68. The van der Waals surface area contributed by atoms with Crippen molar-refractivity contribution in [2.75, 3.05) is 0 Å². The molecule has 4 heteroatoms. The average molecular weight is 232 g/mol. The summed E-state index contributed by atoms with van der Waals surface area (Å²) < 4.78 is 0.349. The minimum atomic E-state index is -0.182. The van der Waals surface area contributed by atoms with E-state index in [0.717, 1.165) is 22.4 Å². The van der Waals surface area contributed by atoms with E-state index in [2.05, 4.69) is 16.0 Å². The van der Waals surface area contributed by atoms with Crippen molar-refractivity contribution in [1.82, 2.24) is 9.97 Å². The molecule has 82 valence electrons. The highest BCUT2D eigenvalue weighted by molar-refractivity contribution is 7.71. The third-order valence-corrected chi connectivity index (χ3v) is 2.50. The Morgan fingerprint density at radius 2 is 1.62 bits per heavy atom. The van der Waals surface area contributed by atoms with Crippen molar-refractivity contribution in [3.05, 3.63) is 50.5 Å². The molecule has 0 saturated heterocycles. The molecule has 1 aromatic heterocycles. The summed E-state index contributed by atoms with van der Waals surface area (Å²) in [7, 11) is 0. The molecule has 0 amide bonds. The zero-order chi connectivity index (χ0) is 11.7. The third kappa shape index (κ3) is 2.28. The minimum Gasteiger partial charge on any atom is -0.332 e. The van der Waals surface area contributed by atoms with Crippen LogP contribution < -0.4 is 5.56 Å². The molecule has 1 heterocycles. The van der Waals surface area contributed by atoms with Crippen LogP contribution in [0.15, 0.2) is 29.1 Å². The van der Waals surface area contributed by atoms with Crippen LogP contribution in [0.5, 0.6) is 0 Å². The second-order valence-corrected chi connectivity index (χ2v) is 4.29. The van der Waals surface area contributed by atoms with Gasteiger partial charge in [0.25, 0.3) is 5.56 Å². The second kappa shape index (κ2) is 4.06. The average Bonchev–Trinajstić information content (AvgIpc) is 2.14. The van der Waals surface area contributed by atoms with Crippen molar-refractivity contribution in [3.63, 3.8) is 0 Å². The first-order valence-electron chi connectivity index (χ1n) is 4.97. The molecule has 0 saturated carbocycles. The van der Waals surface area contributed by atoms with Crippen molar-refractivity contribution in [2.24, 2.45) is 0 Å². The van der Waals surface area contributed by atoms with Gasteiger partial charge in [-0.05, 0) is 43.8 Å². The number of hydrogen-bond acceptors (Lipinski definition) is 2. The molecule has 2 aromatic rings. The van der Waals surface area contributed by atoms with Crippen molar-refractivity contribution in [3.8, 4) is 11.3 Å². The number of rotatable bonds is 1. The van der Waals surface area contributed by atoms with Crippen molar-refractivity contribution in [2.45, 2.75) is 13.8 Å². The topological polar surface area (TPSA) is 48.6 Å². The van der Waals surface area contributed by atoms with Gasteiger partial charge in [0.1, 0.15) is 0 Å². The smallest absolute Gasteiger partial charge is 0.252 e. The largest absolute Gasteiger partial charge is 0.332 e. The van der Waals surface area contributed by atoms with Gasteiger partial charge in [-0.3, -0.25) is 9.78 Å². The number of aryl methyl sites for hydroxylation is 2. The number of aromatic nitrogens is 2. The van der Waals surface area contributed by atoms with Crippen LogP contribution in [-0.4, -0.2) is 9.97 Å². The maximum atomic E-state index is 11.3. The second-order valence-electron chi connectivity index (χ2n) is 3.88. The van der Waals surface area contributed by atoms with Gasteiger partial charge in [-0.2, -0.15) is 0 Å². The lowest BCUT2D eigenvalue weighted by Crippen LogP contribution is -2.06. The summed E-state index contributed by atoms with van der Waals surface area (Å²) in [6.07, 6.45) is 0. The zero-order valence-electron chi connectivity index (χ0n) is 9.13. The molecule has 0 bridgehead atoms. The van der Waals surface area contributed by atoms with E-state index in [-0.39, 0.29) is 5.56 Å². The van der Waals surface area contributed by atoms with Gasteiger partial charge < -0.3 is 4.98 Å². The van der Waals surface area contributed by atoms with E-state index in [9.17, 15) is 4.79 Å². The van der Waals surface area contributed by atoms with Crippen molar-refractivity contribution in [1.29, 1.82) is 0 Å². The summed E-state index contributed by atoms with van der Waals surface area (Å²) in [6.45, 7) is 4.05. The lowest BCUT2D eigenvalue weighted by molar-refractivity contribution is 1.09. The maximum Gasteiger partial charge on any atom is 0.252 e. The fraction of sp³-hybridized carbons (Fsp3) is 0.167. The summed E-state index contributed by atoms with van der Waals surface area (Å²) in [5, 5.41) is 0. The molecule has 0 atom stereocenters. The Bertz CT molecular complexity index is 591. The van der Waals surface area contributed by atoms with Gasteiger partial charge in [-0.25, -0.2) is 0 Å². The van der Waals surface area contributed by atoms with E-state index < -0.39 is 0 Å². The lowest BCUT2D eigenvalue weighted by atomic mass is 10.1. The summed E-state index contributed by atoms with van der Waals surface area (Å²) >= 11 is 4.94. The van der Waals surface area contributed by atoms with Gasteiger partial charge in [0.15, 0.2) is 4.77 Å². The fourth-order valence-corrected chi connectivity index (χ4v) is 1.96. The van der Waals surface area contributed by atoms with Crippen LogP contribution in [0.3, 0.4) is 0 Å². The number of benzene rings is 1. The molecular weight excluding hydrogens is 220 g/mol. The number of hydrogen-bond donors (Lipinski definition) is 2. The number of aromatic amines is 2. The molecular formula is C12H12N2OS. The van der Waals surface area contributed by atoms with Gasteiger partial charge in [-0.1, -0.05) is 17.2 Å². The molecule has 16 heavy (non-hydrogen) atoms. The predicted octanol–water partition coefficient (Wildman–Crippen LogP) is 2.72. The first-order chi connectivity index (χ1) is 7.54. The van der Waals surface area contributed by atoms with E-state index in [1.54, 1.807) is 0 Å². The Balaban J connectivity index is 2.67. The molecule has 0 aliphatic carbocycles.